The standard InChI is InChI=1S/C20H32N6O/c1-16(2)13-22-20(24-15-19(27)25(3)4)23-14-17-7-11-26(12-8-17)18-5-9-21-10-6-18/h5-6,9-10,17H,1,7-8,11-15H2,2-4H3,(H2,22,23,24). The summed E-state index contributed by atoms with van der Waals surface area (Å²) >= 11 is 0. The van der Waals surface area contributed by atoms with Crippen LogP contribution in [0.2, 0.25) is 0 Å². The zero-order valence-corrected chi connectivity index (χ0v) is 16.7. The fourth-order valence-corrected chi connectivity index (χ4v) is 2.89. The highest BCUT2D eigenvalue weighted by molar-refractivity contribution is 5.84. The highest BCUT2D eigenvalue weighted by Crippen LogP contribution is 2.22. The molecule has 1 aliphatic heterocycles. The van der Waals surface area contributed by atoms with Gasteiger partial charge in [-0.3, -0.25) is 9.78 Å². The summed E-state index contributed by atoms with van der Waals surface area (Å²) in [7, 11) is 3.48. The van der Waals surface area contributed by atoms with Gasteiger partial charge in [-0.15, -0.1) is 0 Å². The van der Waals surface area contributed by atoms with Gasteiger partial charge in [-0.05, 0) is 37.8 Å². The van der Waals surface area contributed by atoms with Crippen molar-refractivity contribution in [1.82, 2.24) is 20.5 Å². The van der Waals surface area contributed by atoms with E-state index < -0.39 is 0 Å². The minimum Gasteiger partial charge on any atom is -0.371 e. The number of rotatable bonds is 7. The Morgan fingerprint density at radius 1 is 1.30 bits per heavy atom. The number of amides is 1. The molecular formula is C20H32N6O. The maximum atomic E-state index is 11.8. The second kappa shape index (κ2) is 10.5. The van der Waals surface area contributed by atoms with Crippen LogP contribution in [0.4, 0.5) is 5.69 Å². The number of nitrogens with one attached hydrogen (secondary N) is 2. The number of likely N-dealkylation sites (N-methyl/N-ethyl adjacent to an activating group) is 1. The van der Waals surface area contributed by atoms with E-state index in [0.29, 0.717) is 18.4 Å². The fraction of sp³-hybridized carbons (Fsp3) is 0.550. The van der Waals surface area contributed by atoms with E-state index in [1.165, 1.54) is 5.69 Å². The van der Waals surface area contributed by atoms with E-state index in [1.54, 1.807) is 19.0 Å². The molecule has 1 aliphatic rings. The average Bonchev–Trinajstić information content (AvgIpc) is 2.68. The zero-order chi connectivity index (χ0) is 19.6. The maximum absolute atomic E-state index is 11.8. The van der Waals surface area contributed by atoms with Crippen LogP contribution in [0.25, 0.3) is 0 Å². The van der Waals surface area contributed by atoms with E-state index >= 15 is 0 Å². The zero-order valence-electron chi connectivity index (χ0n) is 16.7. The number of carbonyl (C=O) groups is 1. The molecule has 1 saturated heterocycles. The highest BCUT2D eigenvalue weighted by atomic mass is 16.2. The van der Waals surface area contributed by atoms with Crippen molar-refractivity contribution in [2.45, 2.75) is 19.8 Å². The van der Waals surface area contributed by atoms with Gasteiger partial charge in [0.2, 0.25) is 5.91 Å². The number of hydrogen-bond acceptors (Lipinski definition) is 4. The highest BCUT2D eigenvalue weighted by Gasteiger charge is 2.19. The van der Waals surface area contributed by atoms with Gasteiger partial charge in [0.1, 0.15) is 6.54 Å². The first-order valence-corrected chi connectivity index (χ1v) is 9.47. The van der Waals surface area contributed by atoms with Crippen LogP contribution >= 0.6 is 0 Å². The summed E-state index contributed by atoms with van der Waals surface area (Å²) < 4.78 is 0. The van der Waals surface area contributed by atoms with E-state index in [9.17, 15) is 4.79 Å². The van der Waals surface area contributed by atoms with Crippen LogP contribution in [0, 0.1) is 5.92 Å². The molecule has 0 atom stereocenters. The third-order valence-corrected chi connectivity index (χ3v) is 4.63. The molecule has 0 bridgehead atoms. The number of aromatic nitrogens is 1. The summed E-state index contributed by atoms with van der Waals surface area (Å²) in [6.45, 7) is 9.58. The van der Waals surface area contributed by atoms with Crippen molar-refractivity contribution in [2.24, 2.45) is 10.9 Å². The lowest BCUT2D eigenvalue weighted by molar-refractivity contribution is -0.127. The number of nitrogens with zero attached hydrogens (tertiary/aromatic N) is 4. The van der Waals surface area contributed by atoms with Crippen LogP contribution in [0.5, 0.6) is 0 Å². The number of anilines is 1. The van der Waals surface area contributed by atoms with E-state index in [2.05, 4.69) is 44.2 Å². The van der Waals surface area contributed by atoms with E-state index in [1.807, 2.05) is 19.3 Å². The number of piperidine rings is 1. The Kier molecular flexibility index (Phi) is 8.10. The lowest BCUT2D eigenvalue weighted by Gasteiger charge is -2.33. The Morgan fingerprint density at radius 3 is 2.56 bits per heavy atom. The Balaban J connectivity index is 1.82. The van der Waals surface area contributed by atoms with Gasteiger partial charge in [-0.1, -0.05) is 12.2 Å². The first kappa shape index (κ1) is 20.7. The van der Waals surface area contributed by atoms with Gasteiger partial charge in [0.25, 0.3) is 0 Å². The molecule has 0 unspecified atom stereocenters. The molecule has 0 saturated carbocycles. The molecule has 1 aromatic heterocycles. The number of hydrogen-bond donors (Lipinski definition) is 2. The summed E-state index contributed by atoms with van der Waals surface area (Å²) in [5.74, 6) is 1.24. The number of aliphatic imine (C=N–C) groups is 1. The molecule has 7 nitrogen and oxygen atoms in total. The van der Waals surface area contributed by atoms with Crippen LogP contribution < -0.4 is 15.5 Å². The topological polar surface area (TPSA) is 72.9 Å². The van der Waals surface area contributed by atoms with Crippen LogP contribution in [-0.2, 0) is 4.79 Å². The van der Waals surface area contributed by atoms with Crippen molar-refractivity contribution in [3.63, 3.8) is 0 Å². The smallest absolute Gasteiger partial charge is 0.243 e. The third-order valence-electron chi connectivity index (χ3n) is 4.63. The average molecular weight is 373 g/mol. The monoisotopic (exact) mass is 372 g/mol. The van der Waals surface area contributed by atoms with Gasteiger partial charge in [-0.2, -0.15) is 0 Å². The van der Waals surface area contributed by atoms with Crippen LogP contribution in [0.3, 0.4) is 0 Å². The van der Waals surface area contributed by atoms with E-state index in [4.69, 9.17) is 0 Å². The summed E-state index contributed by atoms with van der Waals surface area (Å²) in [6.07, 6.45) is 5.93. The van der Waals surface area contributed by atoms with Crippen molar-refractivity contribution < 1.29 is 4.79 Å². The number of carbonyl (C=O) groups excluding carboxylic acids is 1. The van der Waals surface area contributed by atoms with Crippen molar-refractivity contribution in [3.05, 3.63) is 36.7 Å². The predicted octanol–water partition coefficient (Wildman–Crippen LogP) is 1.50. The molecule has 0 aliphatic carbocycles. The van der Waals surface area contributed by atoms with Gasteiger partial charge >= 0.3 is 0 Å². The van der Waals surface area contributed by atoms with Gasteiger partial charge < -0.3 is 20.4 Å². The van der Waals surface area contributed by atoms with Gasteiger partial charge in [0.05, 0.1) is 0 Å². The Bertz CT molecular complexity index is 635. The van der Waals surface area contributed by atoms with Crippen molar-refractivity contribution in [3.8, 4) is 0 Å². The van der Waals surface area contributed by atoms with Gasteiger partial charge in [-0.25, -0.2) is 4.99 Å². The normalized spacial score (nSPS) is 15.4. The molecule has 0 radical (unpaired) electrons. The molecule has 148 valence electrons. The lowest BCUT2D eigenvalue weighted by Crippen LogP contribution is -2.43. The largest absolute Gasteiger partial charge is 0.371 e. The molecule has 1 fully saturated rings. The quantitative estimate of drug-likeness (QED) is 0.431. The third kappa shape index (κ3) is 7.29. The summed E-state index contributed by atoms with van der Waals surface area (Å²) in [5.41, 5.74) is 2.26. The van der Waals surface area contributed by atoms with Crippen LogP contribution in [0.15, 0.2) is 41.7 Å². The SMILES string of the molecule is C=C(C)CNC(=NCC(=O)N(C)C)NCC1CCN(c2ccncc2)CC1. The predicted molar refractivity (Wildman–Crippen MR) is 111 cm³/mol. The fourth-order valence-electron chi connectivity index (χ4n) is 2.89. The van der Waals surface area contributed by atoms with Crippen molar-refractivity contribution in [1.29, 1.82) is 0 Å². The number of guanidine groups is 1. The second-order valence-corrected chi connectivity index (χ2v) is 7.28. The van der Waals surface area contributed by atoms with Crippen molar-refractivity contribution >= 4 is 17.6 Å². The number of pyridine rings is 1. The van der Waals surface area contributed by atoms with E-state index in [0.717, 1.165) is 38.0 Å². The minimum absolute atomic E-state index is 0.0166. The summed E-state index contributed by atoms with van der Waals surface area (Å²) in [5, 5.41) is 6.63. The summed E-state index contributed by atoms with van der Waals surface area (Å²) in [6, 6.07) is 4.12. The molecule has 0 spiro atoms. The molecular weight excluding hydrogens is 340 g/mol. The molecule has 0 aromatic carbocycles. The van der Waals surface area contributed by atoms with Crippen LogP contribution in [0.1, 0.15) is 19.8 Å². The molecule has 27 heavy (non-hydrogen) atoms. The Hall–Kier alpha value is -2.57. The Morgan fingerprint density at radius 2 is 1.96 bits per heavy atom. The van der Waals surface area contributed by atoms with Gasteiger partial charge in [0, 0.05) is 58.4 Å². The molecule has 1 aromatic rings. The Labute approximate surface area is 162 Å². The first-order chi connectivity index (χ1) is 13.0. The minimum atomic E-state index is -0.0166. The summed E-state index contributed by atoms with van der Waals surface area (Å²) in [4.78, 5) is 24.2. The van der Waals surface area contributed by atoms with E-state index in [-0.39, 0.29) is 12.5 Å². The lowest BCUT2D eigenvalue weighted by atomic mass is 9.96. The van der Waals surface area contributed by atoms with Gasteiger partial charge in [0.15, 0.2) is 5.96 Å². The molecule has 2 N–H and O–H groups in total. The molecule has 2 heterocycles. The van der Waals surface area contributed by atoms with Crippen molar-refractivity contribution in [2.75, 3.05) is 51.7 Å². The van der Waals surface area contributed by atoms with Crippen LogP contribution in [-0.4, -0.2) is 68.6 Å². The second-order valence-electron chi connectivity index (χ2n) is 7.28. The molecule has 1 amide bonds. The molecule has 2 rings (SSSR count). The molecule has 7 heteroatoms. The first-order valence-electron chi connectivity index (χ1n) is 9.47. The maximum Gasteiger partial charge on any atom is 0.243 e.